The number of benzene rings is 1. The Labute approximate surface area is 166 Å². The Kier molecular flexibility index (Phi) is 4.72. The molecule has 6 nitrogen and oxygen atoms in total. The predicted molar refractivity (Wildman–Crippen MR) is 99.0 cm³/mol. The van der Waals surface area contributed by atoms with E-state index in [1.807, 2.05) is 6.92 Å². The maximum Gasteiger partial charge on any atom is 0.573 e. The first-order valence-corrected chi connectivity index (χ1v) is 9.40. The van der Waals surface area contributed by atoms with Crippen molar-refractivity contribution in [2.45, 2.75) is 44.1 Å². The molecule has 4 rings (SSSR count). The minimum absolute atomic E-state index is 0.105. The molecule has 154 valence electrons. The highest BCUT2D eigenvalue weighted by atomic mass is 19.4. The Balaban J connectivity index is 1.57. The van der Waals surface area contributed by atoms with Crippen molar-refractivity contribution in [1.29, 1.82) is 0 Å². The lowest BCUT2D eigenvalue weighted by Gasteiger charge is -2.23. The molecule has 3 heterocycles. The van der Waals surface area contributed by atoms with Crippen molar-refractivity contribution in [3.05, 3.63) is 41.9 Å². The van der Waals surface area contributed by atoms with Crippen LogP contribution in [-0.2, 0) is 4.79 Å². The second kappa shape index (κ2) is 6.98. The average Bonchev–Trinajstić information content (AvgIpc) is 3.21. The van der Waals surface area contributed by atoms with Gasteiger partial charge in [0, 0.05) is 24.8 Å². The molecule has 2 atom stereocenters. The van der Waals surface area contributed by atoms with Gasteiger partial charge in [-0.2, -0.15) is 0 Å². The van der Waals surface area contributed by atoms with Crippen LogP contribution in [-0.4, -0.2) is 46.3 Å². The van der Waals surface area contributed by atoms with Crippen LogP contribution in [0, 0.1) is 6.92 Å². The zero-order chi connectivity index (χ0) is 20.8. The van der Waals surface area contributed by atoms with E-state index >= 15 is 0 Å². The molecular weight excluding hydrogens is 385 g/mol. The van der Waals surface area contributed by atoms with Crippen LogP contribution in [0.3, 0.4) is 0 Å². The number of rotatable bonds is 3. The number of hydrogen-bond donors (Lipinski definition) is 1. The molecular formula is C20H21F3N4O2. The number of ether oxygens (including phenoxy) is 1. The van der Waals surface area contributed by atoms with Gasteiger partial charge in [-0.3, -0.25) is 10.1 Å². The van der Waals surface area contributed by atoms with Crippen molar-refractivity contribution >= 4 is 5.91 Å². The third-order valence-corrected chi connectivity index (χ3v) is 5.51. The van der Waals surface area contributed by atoms with Gasteiger partial charge in [0.25, 0.3) is 0 Å². The van der Waals surface area contributed by atoms with Gasteiger partial charge in [-0.25, -0.2) is 9.97 Å². The zero-order valence-corrected chi connectivity index (χ0v) is 16.1. The fourth-order valence-electron chi connectivity index (χ4n) is 4.08. The molecule has 0 radical (unpaired) electrons. The second-order valence-electron chi connectivity index (χ2n) is 7.62. The lowest BCUT2D eigenvalue weighted by molar-refractivity contribution is -0.274. The molecule has 29 heavy (non-hydrogen) atoms. The van der Waals surface area contributed by atoms with Crippen molar-refractivity contribution in [2.24, 2.45) is 0 Å². The number of aryl methyl sites for hydroxylation is 1. The lowest BCUT2D eigenvalue weighted by Crippen LogP contribution is -2.47. The number of nitrogens with one attached hydrogen (secondary N) is 1. The fourth-order valence-corrected chi connectivity index (χ4v) is 4.08. The van der Waals surface area contributed by atoms with Gasteiger partial charge < -0.3 is 9.64 Å². The van der Waals surface area contributed by atoms with Crippen molar-refractivity contribution in [3.63, 3.8) is 0 Å². The second-order valence-corrected chi connectivity index (χ2v) is 7.62. The van der Waals surface area contributed by atoms with E-state index < -0.39 is 11.9 Å². The van der Waals surface area contributed by atoms with Crippen molar-refractivity contribution in [1.82, 2.24) is 20.2 Å². The van der Waals surface area contributed by atoms with Crippen LogP contribution in [0.25, 0.3) is 11.3 Å². The van der Waals surface area contributed by atoms with Crippen LogP contribution in [0.1, 0.15) is 36.8 Å². The fraction of sp³-hybridized carbons (Fsp3) is 0.450. The van der Waals surface area contributed by atoms with Crippen LogP contribution in [0.5, 0.6) is 5.75 Å². The minimum Gasteiger partial charge on any atom is -0.406 e. The third-order valence-electron chi connectivity index (χ3n) is 5.51. The van der Waals surface area contributed by atoms with Gasteiger partial charge in [-0.1, -0.05) is 0 Å². The summed E-state index contributed by atoms with van der Waals surface area (Å²) in [5.74, 6) is 0.415. The van der Waals surface area contributed by atoms with Gasteiger partial charge in [-0.15, -0.1) is 13.2 Å². The van der Waals surface area contributed by atoms with Gasteiger partial charge in [0.15, 0.2) is 0 Å². The Hall–Kier alpha value is -2.68. The first kappa shape index (κ1) is 19.6. The molecule has 2 aliphatic rings. The monoisotopic (exact) mass is 406 g/mol. The summed E-state index contributed by atoms with van der Waals surface area (Å²) in [4.78, 5) is 23.4. The summed E-state index contributed by atoms with van der Waals surface area (Å²) in [5, 5.41) is 3.44. The summed E-state index contributed by atoms with van der Waals surface area (Å²) in [6, 6.07) is 7.22. The van der Waals surface area contributed by atoms with Crippen molar-refractivity contribution in [2.75, 3.05) is 13.6 Å². The molecule has 1 aromatic heterocycles. The van der Waals surface area contributed by atoms with Gasteiger partial charge in [0.05, 0.1) is 11.7 Å². The van der Waals surface area contributed by atoms with Gasteiger partial charge in [-0.05, 0) is 56.5 Å². The quantitative estimate of drug-likeness (QED) is 0.847. The highest BCUT2D eigenvalue weighted by molar-refractivity contribution is 5.88. The van der Waals surface area contributed by atoms with E-state index in [-0.39, 0.29) is 17.7 Å². The Morgan fingerprint density at radius 2 is 1.93 bits per heavy atom. The Bertz CT molecular complexity index is 932. The summed E-state index contributed by atoms with van der Waals surface area (Å²) in [6.07, 6.45) is -2.48. The average molecular weight is 406 g/mol. The number of aromatic nitrogens is 2. The number of carbonyl (C=O) groups excluding carboxylic acids is 1. The smallest absolute Gasteiger partial charge is 0.406 e. The highest BCUT2D eigenvalue weighted by Gasteiger charge is 2.50. The first-order valence-electron chi connectivity index (χ1n) is 9.40. The number of likely N-dealkylation sites (N-methyl/N-ethyl adjacent to an activating group) is 1. The predicted octanol–water partition coefficient (Wildman–Crippen LogP) is 3.38. The molecule has 9 heteroatoms. The number of halogens is 3. The summed E-state index contributed by atoms with van der Waals surface area (Å²) >= 11 is 0. The zero-order valence-electron chi connectivity index (χ0n) is 16.1. The largest absolute Gasteiger partial charge is 0.573 e. The third kappa shape index (κ3) is 3.91. The number of amides is 1. The summed E-state index contributed by atoms with van der Waals surface area (Å²) in [5.41, 5.74) is 1.49. The van der Waals surface area contributed by atoms with Gasteiger partial charge >= 0.3 is 6.36 Å². The van der Waals surface area contributed by atoms with Crippen LogP contribution in [0.15, 0.2) is 30.3 Å². The number of carbonyl (C=O) groups is 1. The number of hydrogen-bond acceptors (Lipinski definition) is 5. The molecule has 0 saturated carbocycles. The van der Waals surface area contributed by atoms with E-state index in [0.717, 1.165) is 31.5 Å². The van der Waals surface area contributed by atoms with Crippen LogP contribution >= 0.6 is 0 Å². The molecule has 0 bridgehead atoms. The topological polar surface area (TPSA) is 67.3 Å². The molecule has 1 spiro atoms. The van der Waals surface area contributed by atoms with Crippen molar-refractivity contribution < 1.29 is 22.7 Å². The number of alkyl halides is 3. The molecule has 2 aromatic rings. The molecule has 2 fully saturated rings. The van der Waals surface area contributed by atoms with E-state index in [1.54, 1.807) is 18.0 Å². The first-order chi connectivity index (χ1) is 13.7. The SMILES string of the molecule is Cc1cc(-c2ccc(OC(F)(F)F)cc2)nc([C@H]2CC[C@]3(CCN(C)C3=O)N2)n1. The molecule has 0 aliphatic carbocycles. The van der Waals surface area contributed by atoms with Gasteiger partial charge in [0.2, 0.25) is 5.91 Å². The molecule has 2 aliphatic heterocycles. The summed E-state index contributed by atoms with van der Waals surface area (Å²) < 4.78 is 40.9. The summed E-state index contributed by atoms with van der Waals surface area (Å²) in [6.45, 7) is 2.57. The molecule has 2 saturated heterocycles. The number of likely N-dealkylation sites (tertiary alicyclic amines) is 1. The Morgan fingerprint density at radius 1 is 1.21 bits per heavy atom. The Morgan fingerprint density at radius 3 is 2.55 bits per heavy atom. The van der Waals surface area contributed by atoms with Crippen LogP contribution in [0.4, 0.5) is 13.2 Å². The molecule has 1 N–H and O–H groups in total. The normalized spacial score (nSPS) is 24.5. The minimum atomic E-state index is -4.73. The molecule has 0 unspecified atom stereocenters. The highest BCUT2D eigenvalue weighted by Crippen LogP contribution is 2.38. The molecule has 1 aromatic carbocycles. The van der Waals surface area contributed by atoms with E-state index in [4.69, 9.17) is 0 Å². The van der Waals surface area contributed by atoms with Crippen LogP contribution < -0.4 is 10.1 Å². The molecule has 1 amide bonds. The standard InChI is InChI=1S/C20H21F3N4O2/c1-12-11-16(13-3-5-14(6-4-13)29-20(21,22)23)25-17(24-12)15-7-8-19(26-15)9-10-27(2)18(19)28/h3-6,11,15,26H,7-10H2,1-2H3/t15-,19-/m1/s1. The van der Waals surface area contributed by atoms with Crippen LogP contribution in [0.2, 0.25) is 0 Å². The van der Waals surface area contributed by atoms with E-state index in [2.05, 4.69) is 20.0 Å². The maximum atomic E-state index is 12.5. The van der Waals surface area contributed by atoms with Crippen molar-refractivity contribution in [3.8, 4) is 17.0 Å². The van der Waals surface area contributed by atoms with E-state index in [1.165, 1.54) is 24.3 Å². The van der Waals surface area contributed by atoms with E-state index in [9.17, 15) is 18.0 Å². The lowest BCUT2D eigenvalue weighted by atomic mass is 9.96. The maximum absolute atomic E-state index is 12.5. The van der Waals surface area contributed by atoms with Gasteiger partial charge in [0.1, 0.15) is 17.1 Å². The summed E-state index contributed by atoms with van der Waals surface area (Å²) in [7, 11) is 1.81. The van der Waals surface area contributed by atoms with E-state index in [0.29, 0.717) is 17.1 Å². The number of nitrogens with zero attached hydrogens (tertiary/aromatic N) is 3.